The molecule has 0 unspecified atom stereocenters. The molecule has 19 N–H and O–H groups in total. The van der Waals surface area contributed by atoms with Gasteiger partial charge in [-0.05, 0) is 219 Å². The lowest BCUT2D eigenvalue weighted by Crippen LogP contribution is -2.10. The Labute approximate surface area is 871 Å². The van der Waals surface area contributed by atoms with E-state index in [0.29, 0.717) is 116 Å². The zero-order valence-electron chi connectivity index (χ0n) is 84.9. The van der Waals surface area contributed by atoms with Crippen LogP contribution < -0.4 is 0 Å². The molecule has 8 aromatic heterocycles. The van der Waals surface area contributed by atoms with Crippen molar-refractivity contribution in [3.05, 3.63) is 241 Å². The number of benzene rings is 8. The molecule has 0 aliphatic carbocycles. The number of aryl methyl sites for hydroxylation is 10. The Morgan fingerprint density at radius 3 is 0.873 bits per heavy atom. The molecule has 0 fully saturated rings. The number of carboxylic acids is 4. The number of unbranched alkanes of at least 4 members (excludes halogenated alkanes) is 13. The molecule has 793 valence electrons. The van der Waals surface area contributed by atoms with Gasteiger partial charge in [-0.1, -0.05) is 144 Å². The highest BCUT2D eigenvalue weighted by atomic mass is 16.5. The summed E-state index contributed by atoms with van der Waals surface area (Å²) >= 11 is 0. The normalized spacial score (nSPS) is 10.9. The van der Waals surface area contributed by atoms with Gasteiger partial charge in [-0.3, -0.25) is 0 Å². The van der Waals surface area contributed by atoms with Crippen molar-refractivity contribution in [1.82, 2.24) is 76.4 Å². The van der Waals surface area contributed by atoms with Crippen LogP contribution in [0.5, 0.6) is 0 Å². The zero-order valence-corrected chi connectivity index (χ0v) is 84.9. The zero-order chi connectivity index (χ0) is 108. The molecule has 0 saturated heterocycles. The minimum absolute atomic E-state index is 0.196. The van der Waals surface area contributed by atoms with Crippen LogP contribution in [0.3, 0.4) is 0 Å². The van der Waals surface area contributed by atoms with E-state index in [4.69, 9.17) is 101 Å². The van der Waals surface area contributed by atoms with E-state index in [2.05, 4.69) is 71.8 Å². The van der Waals surface area contributed by atoms with E-state index >= 15 is 0 Å². The van der Waals surface area contributed by atoms with Crippen LogP contribution in [0.1, 0.15) is 198 Å². The molecular weight excluding hydrogens is 1920 g/mol. The van der Waals surface area contributed by atoms with Gasteiger partial charge in [0.1, 0.15) is 28.2 Å². The van der Waals surface area contributed by atoms with Crippen molar-refractivity contribution in [3.8, 4) is 0 Å². The van der Waals surface area contributed by atoms with Crippen molar-refractivity contribution < 1.29 is 124 Å². The summed E-state index contributed by atoms with van der Waals surface area (Å²) < 4.78 is 21.0. The predicted molar refractivity (Wildman–Crippen MR) is 581 cm³/mol. The number of aromatic nitrogens is 16. The number of carboxylic acid groups (broad SMARTS) is 4. The van der Waals surface area contributed by atoms with Crippen LogP contribution in [0.25, 0.3) is 88.3 Å². The number of carbonyl (C=O) groups is 5. The van der Waals surface area contributed by atoms with Gasteiger partial charge in [-0.25, -0.2) is 63.8 Å². The number of methoxy groups -OCH3 is 1. The molecule has 41 nitrogen and oxygen atoms in total. The first kappa shape index (κ1) is 120. The summed E-state index contributed by atoms with van der Waals surface area (Å²) in [5.74, 6) is -2.20. The summed E-state index contributed by atoms with van der Waals surface area (Å²) in [6.45, 7) is 10.5. The number of fused-ring (bicyclic) bond motifs is 8. The number of carbonyl (C=O) groups excluding carboxylic acids is 1. The maximum absolute atomic E-state index is 11.6. The first-order valence-electron chi connectivity index (χ1n) is 50.7. The lowest BCUT2D eigenvalue weighted by Gasteiger charge is -2.06. The Balaban J connectivity index is 0.000000190. The summed E-state index contributed by atoms with van der Waals surface area (Å²) in [6, 6.07) is 49.8. The number of nitrogens with zero attached hydrogens (tertiary/aromatic N) is 16. The van der Waals surface area contributed by atoms with Crippen LogP contribution in [0.2, 0.25) is 50.6 Å². The van der Waals surface area contributed by atoms with Crippen LogP contribution in [-0.4, -0.2) is 266 Å². The summed E-state index contributed by atoms with van der Waals surface area (Å²) in [5, 5.41) is 167. The fourth-order valence-corrected chi connectivity index (χ4v) is 17.0. The molecule has 0 saturated carbocycles. The second kappa shape index (κ2) is 64.4. The van der Waals surface area contributed by atoms with E-state index in [1.165, 1.54) is 31.7 Å². The quantitative estimate of drug-likeness (QED) is 0.00956. The summed E-state index contributed by atoms with van der Waals surface area (Å²) in [5.41, 5.74) is 15.3. The molecule has 0 amide bonds. The summed E-state index contributed by atoms with van der Waals surface area (Å²) in [7, 11) is -5.96. The Bertz CT molecular complexity index is 6810. The molecule has 0 aliphatic heterocycles. The van der Waals surface area contributed by atoms with Crippen molar-refractivity contribution in [2.24, 2.45) is 0 Å². The topological polar surface area (TPSA) is 622 Å². The Hall–Kier alpha value is -13.2. The van der Waals surface area contributed by atoms with E-state index < -0.39 is 79.7 Å². The average molecular weight is 2060 g/mol. The SMILES string of the molecule is COC(=O)c1cccc2c1ncn2CCCCB(O)O.Cc1nc2ccccc2n1CCCCB(O)O.Cc1nc2ccccc2n1CCCCCB(O)O.O=C(O)c1ccc2c(c1)ncn2CCCCB(O)O.O=C(O)c1ccc2c(c1)ncn2CCCCCB(O)O.O=C(O)c1cccc2c1ncn2CCCCB(O)O.O=C(O)c1cccc2c1ncn2CCCCC[B]O.OB(O)CCCCCCn1cnc2ccccc21. The van der Waals surface area contributed by atoms with Crippen molar-refractivity contribution >= 4 is 175 Å². The molecular formula is C101H135B8N16O25. The van der Waals surface area contributed by atoms with Gasteiger partial charge in [0.2, 0.25) is 0 Å². The third-order valence-electron chi connectivity index (χ3n) is 24.7. The van der Waals surface area contributed by atoms with Gasteiger partial charge in [-0.2, -0.15) is 0 Å². The molecule has 0 spiro atoms. The molecule has 8 heterocycles. The Morgan fingerprint density at radius 1 is 0.273 bits per heavy atom. The molecule has 1 radical (unpaired) electrons. The monoisotopic (exact) mass is 2060 g/mol. The first-order valence-corrected chi connectivity index (χ1v) is 50.7. The third kappa shape index (κ3) is 39.3. The van der Waals surface area contributed by atoms with Crippen LogP contribution >= 0.6 is 0 Å². The number of rotatable bonds is 50. The van der Waals surface area contributed by atoms with E-state index in [0.717, 1.165) is 216 Å². The number of imidazole rings is 8. The second-order valence-corrected chi connectivity index (χ2v) is 36.1. The lowest BCUT2D eigenvalue weighted by molar-refractivity contribution is 0.0599. The minimum Gasteiger partial charge on any atom is -0.478 e. The highest BCUT2D eigenvalue weighted by Crippen LogP contribution is 2.27. The lowest BCUT2D eigenvalue weighted by atomic mass is 9.83. The van der Waals surface area contributed by atoms with Gasteiger partial charge in [0, 0.05) is 52.4 Å². The molecule has 16 rings (SSSR count). The van der Waals surface area contributed by atoms with Crippen LogP contribution in [0, 0.1) is 13.8 Å². The third-order valence-corrected chi connectivity index (χ3v) is 24.7. The van der Waals surface area contributed by atoms with Crippen LogP contribution in [0.15, 0.2) is 202 Å². The summed E-state index contributed by atoms with van der Waals surface area (Å²) in [4.78, 5) is 89.8. The number of hydrogen-bond donors (Lipinski definition) is 19. The van der Waals surface area contributed by atoms with Crippen molar-refractivity contribution in [2.75, 3.05) is 7.11 Å². The minimum atomic E-state index is -1.27. The number of hydrogen-bond acceptors (Lipinski definition) is 29. The smallest absolute Gasteiger partial charge is 0.451 e. The standard InChI is InChI=1S/2C13H17BN2O4.C13H16BN2O3.2C13H19BN2O2.2C12H15BN2O4.C12H17BN2O2/c1-20-13(17)10-5-4-6-11-12(10)15-9-16(11)8-3-2-7-14(18)19;17-13(18)10-4-5-12-11(8-10)15-9-16(12)7-3-1-2-6-14(19)20;17-13(18)10-5-4-6-11-12(10)15-9-16(11)8-3-1-2-7-14-19;1-11-15-12-7-3-4-8-13(12)16(11)10-6-2-5-9-14(17)18;17-14(18)9-5-1-2-6-10-16-11-15-12-7-3-4-8-13(12)16;16-12(17)9-4-3-5-10-11(9)14-8-15(10)7-2-1-6-13(18)19;16-12(17)9-3-4-11-10(7-9)14-8-15(11)6-2-1-5-13(18)19;1-10-14-11-6-2-3-7-12(11)15(10)9-5-4-8-13(16)17/h4-6,9,18-19H,2-3,7-8H2,1H3;4-5,8-9,19-20H,1-3,6-7H2,(H,17,18);4-6,9,19H,1-3,7-8H2,(H,17,18);3-4,7-8,17-18H,2,5-6,9-10H2,1H3;3-4,7-8,11,17-18H,1-2,5-6,9-10H2;3-5,8,18-19H,1-2,6-7H2,(H,16,17);3-4,7-8,18-19H,1-2,5-6H2,(H,16,17);2-3,6-7,16-17H,4-5,8-9H2,1H3. The number of ether oxygens (including phenoxy) is 1. The second-order valence-electron chi connectivity index (χ2n) is 36.1. The molecule has 16 aromatic rings. The van der Waals surface area contributed by atoms with Gasteiger partial charge < -0.3 is 137 Å². The largest absolute Gasteiger partial charge is 0.478 e. The maximum atomic E-state index is 11.6. The van der Waals surface area contributed by atoms with E-state index in [1.807, 2.05) is 116 Å². The first-order chi connectivity index (χ1) is 72.2. The number of esters is 1. The highest BCUT2D eigenvalue weighted by molar-refractivity contribution is 6.42. The number of para-hydroxylation sites is 9. The Kier molecular flexibility index (Phi) is 51.6. The predicted octanol–water partition coefficient (Wildman–Crippen LogP) is 12.0. The van der Waals surface area contributed by atoms with E-state index in [9.17, 15) is 24.0 Å². The fraction of sp³-hybridized carbons (Fsp3) is 0.396. The van der Waals surface area contributed by atoms with Gasteiger partial charge in [0.25, 0.3) is 7.48 Å². The molecule has 0 atom stereocenters. The Morgan fingerprint density at radius 2 is 0.533 bits per heavy atom. The summed E-state index contributed by atoms with van der Waals surface area (Å²) in [6.07, 6.45) is 32.7. The van der Waals surface area contributed by atoms with Crippen molar-refractivity contribution in [3.63, 3.8) is 0 Å². The molecule has 150 heavy (non-hydrogen) atoms. The van der Waals surface area contributed by atoms with Gasteiger partial charge in [0.15, 0.2) is 0 Å². The van der Waals surface area contributed by atoms with Crippen molar-refractivity contribution in [1.29, 1.82) is 0 Å². The fourth-order valence-electron chi connectivity index (χ4n) is 17.0. The number of aromatic carboxylic acids is 4. The van der Waals surface area contributed by atoms with Gasteiger partial charge in [0.05, 0.1) is 145 Å². The molecule has 0 aliphatic rings. The average Bonchev–Trinajstić information content (AvgIpc) is 1.67. The van der Waals surface area contributed by atoms with E-state index in [-0.39, 0.29) is 22.3 Å². The van der Waals surface area contributed by atoms with Gasteiger partial charge >= 0.3 is 79.7 Å². The highest BCUT2D eigenvalue weighted by Gasteiger charge is 2.21. The van der Waals surface area contributed by atoms with E-state index in [1.54, 1.807) is 98.4 Å². The van der Waals surface area contributed by atoms with Crippen LogP contribution in [-0.2, 0) is 57.1 Å². The maximum Gasteiger partial charge on any atom is 0.451 e. The molecule has 8 aromatic carbocycles. The molecule has 49 heteroatoms. The van der Waals surface area contributed by atoms with Crippen LogP contribution in [0.4, 0.5) is 0 Å². The molecule has 0 bridgehead atoms. The van der Waals surface area contributed by atoms with Gasteiger partial charge in [-0.15, -0.1) is 0 Å². The van der Waals surface area contributed by atoms with Crippen molar-refractivity contribution in [2.45, 2.75) is 252 Å².